The maximum absolute atomic E-state index is 12.5. The second-order valence-corrected chi connectivity index (χ2v) is 6.60. The third kappa shape index (κ3) is 4.32. The number of carbonyl (C=O) groups is 1. The van der Waals surface area contributed by atoms with E-state index in [9.17, 15) is 27.9 Å². The zero-order valence-corrected chi connectivity index (χ0v) is 15.6. The Morgan fingerprint density at radius 1 is 1.57 bits per heavy atom. The Morgan fingerprint density at radius 3 is 2.93 bits per heavy atom. The number of H-pyrrole nitrogens is 1. The minimum absolute atomic E-state index is 0.0358. The Balaban J connectivity index is 1.96. The largest absolute Gasteiger partial charge is 0.471 e. The number of carbonyl (C=O) groups excluding carboxylic acids is 1. The van der Waals surface area contributed by atoms with Gasteiger partial charge in [-0.3, -0.25) is 14.6 Å². The molecule has 3 rings (SSSR count). The van der Waals surface area contributed by atoms with Crippen LogP contribution in [0.3, 0.4) is 0 Å². The highest BCUT2D eigenvalue weighted by Gasteiger charge is 2.39. The summed E-state index contributed by atoms with van der Waals surface area (Å²) in [7, 11) is 0. The van der Waals surface area contributed by atoms with E-state index in [0.29, 0.717) is 0 Å². The number of hydrogen-bond donors (Lipinski definition) is 4. The summed E-state index contributed by atoms with van der Waals surface area (Å²) in [5.41, 5.74) is 5.10. The second kappa shape index (κ2) is 8.45. The zero-order valence-electron chi connectivity index (χ0n) is 15.6. The van der Waals surface area contributed by atoms with Gasteiger partial charge in [0.2, 0.25) is 5.95 Å². The van der Waals surface area contributed by atoms with Crippen LogP contribution in [0.15, 0.2) is 23.6 Å². The highest BCUT2D eigenvalue weighted by molar-refractivity contribution is 5.84. The van der Waals surface area contributed by atoms with E-state index in [1.54, 1.807) is 5.32 Å². The molecule has 1 fully saturated rings. The molecule has 0 aromatic carbocycles. The monoisotopic (exact) mass is 431 g/mol. The number of aliphatic hydroxyl groups excluding tert-OH is 1. The van der Waals surface area contributed by atoms with Crippen LogP contribution in [0, 0.1) is 0 Å². The molecule has 0 spiro atoms. The highest BCUT2D eigenvalue weighted by Crippen LogP contribution is 2.34. The zero-order chi connectivity index (χ0) is 22.1. The van der Waals surface area contributed by atoms with Crippen LogP contribution in [0.4, 0.5) is 19.1 Å². The van der Waals surface area contributed by atoms with Gasteiger partial charge < -0.3 is 30.2 Å². The summed E-state index contributed by atoms with van der Waals surface area (Å²) in [5, 5.41) is 11.2. The van der Waals surface area contributed by atoms with Crippen LogP contribution in [0.2, 0.25) is 0 Å². The Labute approximate surface area is 167 Å². The number of aliphatic hydroxyl groups is 1. The lowest BCUT2D eigenvalue weighted by atomic mass is 10.2. The Kier molecular flexibility index (Phi) is 6.14. The number of nitrogen functional groups attached to an aromatic ring is 1. The molecule has 2 aromatic rings. The van der Waals surface area contributed by atoms with Crippen molar-refractivity contribution in [1.29, 1.82) is 0 Å². The summed E-state index contributed by atoms with van der Waals surface area (Å²) in [6.07, 6.45) is -3.78. The molecule has 0 bridgehead atoms. The van der Waals surface area contributed by atoms with Gasteiger partial charge in [-0.2, -0.15) is 18.2 Å². The van der Waals surface area contributed by atoms with E-state index < -0.39 is 42.6 Å². The predicted molar refractivity (Wildman–Crippen MR) is 98.2 cm³/mol. The number of alkyl halides is 3. The van der Waals surface area contributed by atoms with E-state index in [1.165, 1.54) is 16.8 Å². The first-order valence-corrected chi connectivity index (χ1v) is 8.88. The molecule has 164 valence electrons. The van der Waals surface area contributed by atoms with Gasteiger partial charge in [0.15, 0.2) is 5.65 Å². The number of aromatic amines is 1. The maximum Gasteiger partial charge on any atom is 0.471 e. The first kappa shape index (κ1) is 21.8. The number of hydrogen-bond acceptors (Lipinski definition) is 7. The molecule has 0 aliphatic carbocycles. The quantitative estimate of drug-likeness (QED) is 0.463. The normalized spacial score (nSPS) is 21.8. The molecule has 10 nitrogen and oxygen atoms in total. The van der Waals surface area contributed by atoms with E-state index in [2.05, 4.69) is 16.5 Å². The molecule has 3 heterocycles. The molecule has 13 heteroatoms. The molecule has 0 saturated carbocycles. The molecule has 1 saturated heterocycles. The SMILES string of the molecule is C=CCOC1CC(n2cc(CNC(=O)C(F)(F)F)c3c(=O)[nH]c(N)nc32)OC1CO. The number of nitrogens with one attached hydrogen (secondary N) is 2. The average molecular weight is 431 g/mol. The molecule has 30 heavy (non-hydrogen) atoms. The van der Waals surface area contributed by atoms with E-state index in [0.717, 1.165) is 0 Å². The number of fused-ring (bicyclic) bond motifs is 1. The number of aromatic nitrogens is 3. The Hall–Kier alpha value is -2.90. The van der Waals surface area contributed by atoms with Crippen molar-refractivity contribution in [3.05, 3.63) is 34.8 Å². The van der Waals surface area contributed by atoms with Crippen LogP contribution in [-0.4, -0.2) is 57.1 Å². The van der Waals surface area contributed by atoms with Crippen molar-refractivity contribution < 1.29 is 32.5 Å². The first-order valence-electron chi connectivity index (χ1n) is 8.88. The van der Waals surface area contributed by atoms with Crippen molar-refractivity contribution in [3.8, 4) is 0 Å². The van der Waals surface area contributed by atoms with Crippen molar-refractivity contribution in [2.75, 3.05) is 18.9 Å². The lowest BCUT2D eigenvalue weighted by molar-refractivity contribution is -0.173. The predicted octanol–water partition coefficient (Wildman–Crippen LogP) is 0.336. The molecule has 2 aromatic heterocycles. The van der Waals surface area contributed by atoms with E-state index >= 15 is 0 Å². The smallest absolute Gasteiger partial charge is 0.394 e. The summed E-state index contributed by atoms with van der Waals surface area (Å²) in [5.74, 6) is -2.34. The van der Waals surface area contributed by atoms with Crippen LogP contribution in [0.1, 0.15) is 18.2 Å². The van der Waals surface area contributed by atoms with Crippen LogP contribution in [0.25, 0.3) is 11.0 Å². The number of nitrogens with two attached hydrogens (primary N) is 1. The number of amides is 1. The van der Waals surface area contributed by atoms with E-state index in [1.807, 2.05) is 0 Å². The van der Waals surface area contributed by atoms with Crippen molar-refractivity contribution in [1.82, 2.24) is 19.9 Å². The number of anilines is 1. The van der Waals surface area contributed by atoms with Crippen molar-refractivity contribution in [3.63, 3.8) is 0 Å². The third-order valence-corrected chi connectivity index (χ3v) is 4.57. The Morgan fingerprint density at radius 2 is 2.30 bits per heavy atom. The molecular weight excluding hydrogens is 411 g/mol. The molecular formula is C17H20F3N5O5. The van der Waals surface area contributed by atoms with Crippen LogP contribution in [-0.2, 0) is 20.8 Å². The summed E-state index contributed by atoms with van der Waals surface area (Å²) in [4.78, 5) is 29.9. The topological polar surface area (TPSA) is 144 Å². The number of nitrogens with zero attached hydrogens (tertiary/aromatic N) is 2. The fraction of sp³-hybridized carbons (Fsp3) is 0.471. The Bertz CT molecular complexity index is 1000. The van der Waals surface area contributed by atoms with Gasteiger partial charge in [-0.1, -0.05) is 6.08 Å². The first-order chi connectivity index (χ1) is 14.2. The molecule has 1 aliphatic rings. The van der Waals surface area contributed by atoms with Gasteiger partial charge in [0.25, 0.3) is 5.56 Å². The van der Waals surface area contributed by atoms with Crippen LogP contribution < -0.4 is 16.6 Å². The number of ether oxygens (including phenoxy) is 2. The van der Waals surface area contributed by atoms with Gasteiger partial charge in [-0.05, 0) is 0 Å². The fourth-order valence-electron chi connectivity index (χ4n) is 3.28. The minimum Gasteiger partial charge on any atom is -0.394 e. The van der Waals surface area contributed by atoms with Crippen LogP contribution >= 0.6 is 0 Å². The molecule has 5 N–H and O–H groups in total. The molecule has 1 amide bonds. The maximum atomic E-state index is 12.5. The van der Waals surface area contributed by atoms with Crippen molar-refractivity contribution >= 4 is 22.9 Å². The molecule has 3 unspecified atom stereocenters. The molecule has 3 atom stereocenters. The summed E-state index contributed by atoms with van der Waals surface area (Å²) < 4.78 is 50.3. The molecule has 0 radical (unpaired) electrons. The molecule has 1 aliphatic heterocycles. The van der Waals surface area contributed by atoms with Gasteiger partial charge in [0, 0.05) is 24.7 Å². The van der Waals surface area contributed by atoms with Gasteiger partial charge in [-0.15, -0.1) is 6.58 Å². The summed E-state index contributed by atoms with van der Waals surface area (Å²) in [6.45, 7) is 2.88. The van der Waals surface area contributed by atoms with Gasteiger partial charge in [0.05, 0.1) is 24.7 Å². The fourth-order valence-corrected chi connectivity index (χ4v) is 3.28. The third-order valence-electron chi connectivity index (χ3n) is 4.57. The minimum atomic E-state index is -5.06. The highest BCUT2D eigenvalue weighted by atomic mass is 19.4. The van der Waals surface area contributed by atoms with Gasteiger partial charge in [-0.25, -0.2) is 0 Å². The number of halogens is 3. The average Bonchev–Trinajstić information content (AvgIpc) is 3.24. The van der Waals surface area contributed by atoms with Gasteiger partial charge in [0.1, 0.15) is 12.3 Å². The standard InChI is InChI=1S/C17H20F3N5O5/c1-2-3-29-9-4-11(30-10(9)7-26)25-6-8(5-22-15(28)17(18,19)20)12-13(25)23-16(21)24-14(12)27/h2,6,9-11,26H,1,3-5,7H2,(H,22,28)(H3,21,23,24,27). The van der Waals surface area contributed by atoms with E-state index in [-0.39, 0.29) is 42.2 Å². The van der Waals surface area contributed by atoms with Gasteiger partial charge >= 0.3 is 12.1 Å². The lowest BCUT2D eigenvalue weighted by Crippen LogP contribution is -2.36. The van der Waals surface area contributed by atoms with Crippen molar-refractivity contribution in [2.24, 2.45) is 0 Å². The summed E-state index contributed by atoms with van der Waals surface area (Å²) in [6, 6.07) is 0. The number of rotatable bonds is 7. The second-order valence-electron chi connectivity index (χ2n) is 6.60. The van der Waals surface area contributed by atoms with Crippen LogP contribution in [0.5, 0.6) is 0 Å². The van der Waals surface area contributed by atoms with E-state index in [4.69, 9.17) is 15.2 Å². The van der Waals surface area contributed by atoms with Crippen molar-refractivity contribution in [2.45, 2.75) is 37.6 Å². The lowest BCUT2D eigenvalue weighted by Gasteiger charge is -2.15. The summed E-state index contributed by atoms with van der Waals surface area (Å²) >= 11 is 0.